The van der Waals surface area contributed by atoms with E-state index in [-0.39, 0.29) is 17.3 Å². The normalized spacial score (nSPS) is 18.3. The molecule has 0 radical (unpaired) electrons. The predicted octanol–water partition coefficient (Wildman–Crippen LogP) is 4.74. The molecular formula is C25H27NO3S. The number of aliphatic hydroxyl groups is 1. The van der Waals surface area contributed by atoms with Crippen molar-refractivity contribution in [3.05, 3.63) is 83.7 Å². The Balaban J connectivity index is 1.63. The third kappa shape index (κ3) is 4.32. The van der Waals surface area contributed by atoms with E-state index in [2.05, 4.69) is 36.2 Å². The first-order valence-electron chi connectivity index (χ1n) is 10.5. The lowest BCUT2D eigenvalue weighted by Gasteiger charge is -2.12. The van der Waals surface area contributed by atoms with Crippen LogP contribution in [-0.2, 0) is 16.3 Å². The van der Waals surface area contributed by atoms with Gasteiger partial charge in [0.25, 0.3) is 0 Å². The van der Waals surface area contributed by atoms with Gasteiger partial charge in [0.15, 0.2) is 9.84 Å². The Morgan fingerprint density at radius 2 is 1.77 bits per heavy atom. The third-order valence-corrected chi connectivity index (χ3v) is 7.54. The summed E-state index contributed by atoms with van der Waals surface area (Å²) in [4.78, 5) is 4.80. The van der Waals surface area contributed by atoms with Gasteiger partial charge in [0.05, 0.1) is 17.3 Å². The van der Waals surface area contributed by atoms with Gasteiger partial charge in [-0.15, -0.1) is 0 Å². The molecule has 30 heavy (non-hydrogen) atoms. The Morgan fingerprint density at radius 3 is 2.43 bits per heavy atom. The molecule has 0 unspecified atom stereocenters. The summed E-state index contributed by atoms with van der Waals surface area (Å²) in [7, 11) is -3.43. The molecule has 1 fully saturated rings. The van der Waals surface area contributed by atoms with Crippen LogP contribution in [0.2, 0.25) is 0 Å². The van der Waals surface area contributed by atoms with Crippen LogP contribution in [0.25, 0.3) is 11.1 Å². The summed E-state index contributed by atoms with van der Waals surface area (Å²) >= 11 is 0. The number of hydrogen-bond donors (Lipinski definition) is 1. The molecule has 0 amide bonds. The maximum absolute atomic E-state index is 12.2. The maximum Gasteiger partial charge on any atom is 0.180 e. The topological polar surface area (TPSA) is 67.3 Å². The van der Waals surface area contributed by atoms with Crippen LogP contribution >= 0.6 is 0 Å². The van der Waals surface area contributed by atoms with Crippen LogP contribution in [0.4, 0.5) is 0 Å². The number of nitrogens with zero attached hydrogens (tertiary/aromatic N) is 1. The summed E-state index contributed by atoms with van der Waals surface area (Å²) in [5.74, 6) is 0.715. The Labute approximate surface area is 178 Å². The number of aliphatic hydroxyl groups excluding tert-OH is 1. The Kier molecular flexibility index (Phi) is 6.02. The highest BCUT2D eigenvalue weighted by atomic mass is 32.2. The maximum atomic E-state index is 12.2. The molecule has 0 aliphatic heterocycles. The Bertz CT molecular complexity index is 1110. The number of pyridine rings is 1. The standard InChI is InChI=1S/C25H27NO3S/c1-2-5-19-7-8-20(18-9-11-21(12-10-18)30(28,29)15-14-27)16-22(19)23-17-24(23)25-6-3-4-13-26-25/h3-4,6-13,16,23-24,27H,2,5,14-15,17H2,1H3/t23-,24+/m0/s1. The molecule has 156 valence electrons. The SMILES string of the molecule is CCCc1ccc(-c2ccc(S(=O)(=O)CCO)cc2)cc1[C@@H]1C[C@H]1c1ccccn1. The molecule has 1 aliphatic carbocycles. The van der Waals surface area contributed by atoms with E-state index in [0.29, 0.717) is 11.8 Å². The number of rotatable bonds is 8. The molecule has 5 heteroatoms. The number of sulfone groups is 1. The Hall–Kier alpha value is -2.50. The molecule has 2 atom stereocenters. The highest BCUT2D eigenvalue weighted by molar-refractivity contribution is 7.91. The zero-order valence-corrected chi connectivity index (χ0v) is 18.0. The van der Waals surface area contributed by atoms with Crippen LogP contribution in [0.15, 0.2) is 71.8 Å². The zero-order chi connectivity index (χ0) is 21.1. The van der Waals surface area contributed by atoms with E-state index in [0.717, 1.165) is 36.1 Å². The van der Waals surface area contributed by atoms with E-state index in [4.69, 9.17) is 5.11 Å². The van der Waals surface area contributed by atoms with E-state index < -0.39 is 9.84 Å². The van der Waals surface area contributed by atoms with E-state index in [1.165, 1.54) is 11.1 Å². The molecule has 0 saturated heterocycles. The largest absolute Gasteiger partial charge is 0.395 e. The van der Waals surface area contributed by atoms with Gasteiger partial charge in [-0.2, -0.15) is 0 Å². The van der Waals surface area contributed by atoms with Crippen molar-refractivity contribution in [2.75, 3.05) is 12.4 Å². The van der Waals surface area contributed by atoms with Crippen molar-refractivity contribution in [1.82, 2.24) is 4.98 Å². The van der Waals surface area contributed by atoms with Crippen LogP contribution in [0, 0.1) is 0 Å². The molecule has 4 rings (SSSR count). The minimum absolute atomic E-state index is 0.250. The molecule has 0 spiro atoms. The van der Waals surface area contributed by atoms with Gasteiger partial charge in [-0.1, -0.05) is 49.7 Å². The van der Waals surface area contributed by atoms with Crippen LogP contribution in [0.3, 0.4) is 0 Å². The summed E-state index contributed by atoms with van der Waals surface area (Å²) in [6, 6.07) is 19.7. The van der Waals surface area contributed by atoms with Crippen molar-refractivity contribution in [2.45, 2.75) is 42.9 Å². The first-order valence-corrected chi connectivity index (χ1v) is 12.2. The monoisotopic (exact) mass is 421 g/mol. The first-order chi connectivity index (χ1) is 14.5. The quantitative estimate of drug-likeness (QED) is 0.571. The first kappa shape index (κ1) is 20.8. The predicted molar refractivity (Wildman–Crippen MR) is 119 cm³/mol. The number of aryl methyl sites for hydroxylation is 1. The lowest BCUT2D eigenvalue weighted by atomic mass is 9.93. The van der Waals surface area contributed by atoms with Gasteiger partial charge in [0, 0.05) is 17.8 Å². The molecule has 1 saturated carbocycles. The lowest BCUT2D eigenvalue weighted by Crippen LogP contribution is -2.09. The van der Waals surface area contributed by atoms with Crippen LogP contribution in [0.5, 0.6) is 0 Å². The van der Waals surface area contributed by atoms with Gasteiger partial charge in [0.2, 0.25) is 0 Å². The van der Waals surface area contributed by atoms with Gasteiger partial charge < -0.3 is 5.11 Å². The summed E-state index contributed by atoms with van der Waals surface area (Å²) in [6.45, 7) is 1.83. The van der Waals surface area contributed by atoms with E-state index >= 15 is 0 Å². The summed E-state index contributed by atoms with van der Waals surface area (Å²) < 4.78 is 24.3. The molecular weight excluding hydrogens is 394 g/mol. The Morgan fingerprint density at radius 1 is 1.00 bits per heavy atom. The third-order valence-electron chi connectivity index (χ3n) is 5.83. The second-order valence-corrected chi connectivity index (χ2v) is 10.0. The highest BCUT2D eigenvalue weighted by Crippen LogP contribution is 2.55. The van der Waals surface area contributed by atoms with Crippen LogP contribution < -0.4 is 0 Å². The van der Waals surface area contributed by atoms with Gasteiger partial charge in [-0.25, -0.2) is 8.42 Å². The molecule has 4 nitrogen and oxygen atoms in total. The van der Waals surface area contributed by atoms with E-state index in [9.17, 15) is 8.42 Å². The smallest absolute Gasteiger partial charge is 0.180 e. The average Bonchev–Trinajstić information content (AvgIpc) is 3.56. The van der Waals surface area contributed by atoms with Crippen molar-refractivity contribution < 1.29 is 13.5 Å². The van der Waals surface area contributed by atoms with Crippen molar-refractivity contribution >= 4 is 9.84 Å². The van der Waals surface area contributed by atoms with Crippen LogP contribution in [-0.4, -0.2) is 30.9 Å². The summed E-state index contributed by atoms with van der Waals surface area (Å²) in [5, 5.41) is 8.97. The molecule has 3 aromatic rings. The molecule has 1 aromatic heterocycles. The van der Waals surface area contributed by atoms with Crippen molar-refractivity contribution in [1.29, 1.82) is 0 Å². The van der Waals surface area contributed by atoms with E-state index in [1.807, 2.05) is 30.5 Å². The fraction of sp³-hybridized carbons (Fsp3) is 0.320. The average molecular weight is 422 g/mol. The summed E-state index contributed by atoms with van der Waals surface area (Å²) in [6.07, 6.45) is 5.14. The molecule has 1 aliphatic rings. The van der Waals surface area contributed by atoms with E-state index in [1.54, 1.807) is 12.1 Å². The summed E-state index contributed by atoms with van der Waals surface area (Å²) in [5.41, 5.74) is 6.04. The zero-order valence-electron chi connectivity index (χ0n) is 17.2. The van der Waals surface area contributed by atoms with Crippen molar-refractivity contribution in [2.24, 2.45) is 0 Å². The van der Waals surface area contributed by atoms with Crippen molar-refractivity contribution in [3.63, 3.8) is 0 Å². The van der Waals surface area contributed by atoms with Gasteiger partial charge >= 0.3 is 0 Å². The van der Waals surface area contributed by atoms with Crippen LogP contribution in [0.1, 0.15) is 48.4 Å². The molecule has 0 bridgehead atoms. The number of aromatic nitrogens is 1. The van der Waals surface area contributed by atoms with Gasteiger partial charge in [-0.05, 0) is 65.3 Å². The molecule has 1 N–H and O–H groups in total. The lowest BCUT2D eigenvalue weighted by molar-refractivity contribution is 0.319. The number of hydrogen-bond acceptors (Lipinski definition) is 4. The molecule has 2 aromatic carbocycles. The fourth-order valence-electron chi connectivity index (χ4n) is 4.17. The second-order valence-electron chi connectivity index (χ2n) is 7.93. The van der Waals surface area contributed by atoms with Gasteiger partial charge in [-0.3, -0.25) is 4.98 Å². The fourth-order valence-corrected chi connectivity index (χ4v) is 5.20. The highest BCUT2D eigenvalue weighted by Gasteiger charge is 2.41. The molecule has 1 heterocycles. The number of benzene rings is 2. The van der Waals surface area contributed by atoms with Crippen molar-refractivity contribution in [3.8, 4) is 11.1 Å². The minimum atomic E-state index is -3.43. The minimum Gasteiger partial charge on any atom is -0.395 e. The van der Waals surface area contributed by atoms with Gasteiger partial charge in [0.1, 0.15) is 0 Å². The second kappa shape index (κ2) is 8.70.